The van der Waals surface area contributed by atoms with Crippen LogP contribution in [0.1, 0.15) is 90.9 Å². The van der Waals surface area contributed by atoms with E-state index in [-0.39, 0.29) is 5.57 Å². The summed E-state index contributed by atoms with van der Waals surface area (Å²) < 4.78 is 0. The maximum Gasteiger partial charge on any atom is 0.330 e. The first-order valence-corrected chi connectivity index (χ1v) is 9.82. The van der Waals surface area contributed by atoms with E-state index in [1.165, 1.54) is 51.9 Å². The molecule has 26 heavy (non-hydrogen) atoms. The molecule has 0 aromatic rings. The van der Waals surface area contributed by atoms with Crippen LogP contribution in [0.4, 0.5) is 0 Å². The molecule has 0 saturated carbocycles. The van der Waals surface area contributed by atoms with Crippen molar-refractivity contribution in [3.8, 4) is 0 Å². The first kappa shape index (κ1) is 26.4. The smallest absolute Gasteiger partial charge is 0.330 e. The van der Waals surface area contributed by atoms with Crippen molar-refractivity contribution in [2.75, 3.05) is 0 Å². The zero-order chi connectivity index (χ0) is 20.0. The Labute approximate surface area is 159 Å². The van der Waals surface area contributed by atoms with Crippen molar-refractivity contribution < 1.29 is 19.8 Å². The van der Waals surface area contributed by atoms with Gasteiger partial charge in [-0.1, -0.05) is 69.9 Å². The molecule has 0 unspecified atom stereocenters. The molecule has 2 N–H and O–H groups in total. The predicted octanol–water partition coefficient (Wildman–Crippen LogP) is 6.53. The molecule has 0 fully saturated rings. The van der Waals surface area contributed by atoms with Crippen molar-refractivity contribution in [2.24, 2.45) is 0 Å². The summed E-state index contributed by atoms with van der Waals surface area (Å²) in [6.45, 7) is 6.84. The molecule has 0 heterocycles. The zero-order valence-electron chi connectivity index (χ0n) is 16.7. The van der Waals surface area contributed by atoms with Gasteiger partial charge in [-0.25, -0.2) is 4.79 Å². The van der Waals surface area contributed by atoms with Crippen molar-refractivity contribution in [1.82, 2.24) is 0 Å². The van der Waals surface area contributed by atoms with Gasteiger partial charge in [0.25, 0.3) is 0 Å². The average Bonchev–Trinajstić information content (AvgIpc) is 2.58. The minimum atomic E-state index is -0.935. The lowest BCUT2D eigenvalue weighted by atomic mass is 10.1. The molecule has 4 nitrogen and oxygen atoms in total. The van der Waals surface area contributed by atoms with Crippen LogP contribution in [0, 0.1) is 0 Å². The molecule has 0 amide bonds. The number of hydrogen-bond acceptors (Lipinski definition) is 2. The molecule has 0 spiro atoms. The topological polar surface area (TPSA) is 74.6 Å². The van der Waals surface area contributed by atoms with E-state index in [9.17, 15) is 9.59 Å². The van der Waals surface area contributed by atoms with E-state index in [4.69, 9.17) is 10.2 Å². The molecule has 0 saturated heterocycles. The molecule has 0 aromatic carbocycles. The molecule has 4 heteroatoms. The Hall–Kier alpha value is -1.84. The van der Waals surface area contributed by atoms with Crippen LogP contribution in [-0.2, 0) is 9.59 Å². The predicted molar refractivity (Wildman–Crippen MR) is 109 cm³/mol. The SMILES string of the molecule is C=C(C)C(=O)O.CCCCC/C=C\C/C=C\CCCCCCCC(=O)O. The van der Waals surface area contributed by atoms with E-state index in [1.807, 2.05) is 0 Å². The molecule has 0 aliphatic carbocycles. The number of allylic oxidation sites excluding steroid dienone is 4. The van der Waals surface area contributed by atoms with Gasteiger partial charge in [0, 0.05) is 12.0 Å². The maximum absolute atomic E-state index is 10.3. The van der Waals surface area contributed by atoms with Crippen LogP contribution in [0.2, 0.25) is 0 Å². The summed E-state index contributed by atoms with van der Waals surface area (Å²) in [6, 6.07) is 0. The van der Waals surface area contributed by atoms with Crippen LogP contribution in [0.25, 0.3) is 0 Å². The molecule has 0 radical (unpaired) electrons. The molecule has 0 aromatic heterocycles. The molecule has 0 aliphatic rings. The van der Waals surface area contributed by atoms with E-state index in [1.54, 1.807) is 0 Å². The molecule has 0 rings (SSSR count). The summed E-state index contributed by atoms with van der Waals surface area (Å²) in [5.41, 5.74) is 0.176. The molecule has 150 valence electrons. The summed E-state index contributed by atoms with van der Waals surface area (Å²) in [5, 5.41) is 16.4. The van der Waals surface area contributed by atoms with Crippen molar-refractivity contribution in [3.63, 3.8) is 0 Å². The van der Waals surface area contributed by atoms with Crippen LogP contribution in [0.15, 0.2) is 36.5 Å². The van der Waals surface area contributed by atoms with Gasteiger partial charge in [0.2, 0.25) is 0 Å². The third-order valence-corrected chi connectivity index (χ3v) is 3.71. The van der Waals surface area contributed by atoms with Gasteiger partial charge >= 0.3 is 11.9 Å². The highest BCUT2D eigenvalue weighted by atomic mass is 16.4. The second-order valence-electron chi connectivity index (χ2n) is 6.46. The van der Waals surface area contributed by atoms with E-state index in [0.29, 0.717) is 6.42 Å². The summed E-state index contributed by atoms with van der Waals surface area (Å²) in [5.74, 6) is -1.61. The Bertz CT molecular complexity index is 410. The maximum atomic E-state index is 10.3. The molecule has 0 atom stereocenters. The minimum absolute atomic E-state index is 0.176. The van der Waals surface area contributed by atoms with Gasteiger partial charge in [-0.3, -0.25) is 4.79 Å². The average molecular weight is 367 g/mol. The molecular formula is C22H38O4. The van der Waals surface area contributed by atoms with Gasteiger partial charge in [0.15, 0.2) is 0 Å². The second kappa shape index (κ2) is 21.2. The van der Waals surface area contributed by atoms with Crippen LogP contribution < -0.4 is 0 Å². The van der Waals surface area contributed by atoms with Crippen LogP contribution in [-0.4, -0.2) is 22.2 Å². The third kappa shape index (κ3) is 27.0. The number of carbonyl (C=O) groups is 2. The van der Waals surface area contributed by atoms with Crippen molar-refractivity contribution >= 4 is 11.9 Å². The van der Waals surface area contributed by atoms with Crippen LogP contribution >= 0.6 is 0 Å². The number of aliphatic carboxylic acids is 2. The lowest BCUT2D eigenvalue weighted by molar-refractivity contribution is -0.137. The highest BCUT2D eigenvalue weighted by molar-refractivity contribution is 5.84. The standard InChI is InChI=1S/C18H32O2.C4H6O2/c1-2-3-4-5-6-7-8-9-10-11-12-13-14-15-16-17-18(19)20;1-3(2)4(5)6/h6-7,9-10H,2-5,8,11-17H2,1H3,(H,19,20);1H2,2H3,(H,5,6)/b7-6-,10-9-;. The highest BCUT2D eigenvalue weighted by Crippen LogP contribution is 2.08. The number of rotatable bonds is 15. The van der Waals surface area contributed by atoms with Crippen LogP contribution in [0.3, 0.4) is 0 Å². The first-order chi connectivity index (χ1) is 12.4. The lowest BCUT2D eigenvalue weighted by Crippen LogP contribution is -1.93. The number of hydrogen-bond donors (Lipinski definition) is 2. The highest BCUT2D eigenvalue weighted by Gasteiger charge is 1.95. The fourth-order valence-electron chi connectivity index (χ4n) is 2.09. The van der Waals surface area contributed by atoms with E-state index >= 15 is 0 Å². The molecule has 0 aliphatic heterocycles. The number of carboxylic acid groups (broad SMARTS) is 2. The fraction of sp³-hybridized carbons (Fsp3) is 0.636. The van der Waals surface area contributed by atoms with Gasteiger partial charge in [-0.05, 0) is 45.4 Å². The molecular weight excluding hydrogens is 328 g/mol. The summed E-state index contributed by atoms with van der Waals surface area (Å²) in [7, 11) is 0. The third-order valence-electron chi connectivity index (χ3n) is 3.71. The number of unbranched alkanes of at least 4 members (excludes halogenated alkanes) is 8. The monoisotopic (exact) mass is 366 g/mol. The van der Waals surface area contributed by atoms with E-state index < -0.39 is 11.9 Å². The van der Waals surface area contributed by atoms with Crippen molar-refractivity contribution in [2.45, 2.75) is 90.9 Å². The van der Waals surface area contributed by atoms with Crippen molar-refractivity contribution in [3.05, 3.63) is 36.5 Å². The Morgan fingerprint density at radius 2 is 1.27 bits per heavy atom. The largest absolute Gasteiger partial charge is 0.481 e. The minimum Gasteiger partial charge on any atom is -0.481 e. The van der Waals surface area contributed by atoms with Gasteiger partial charge < -0.3 is 10.2 Å². The van der Waals surface area contributed by atoms with E-state index in [2.05, 4.69) is 37.8 Å². The fourth-order valence-corrected chi connectivity index (χ4v) is 2.09. The van der Waals surface area contributed by atoms with Gasteiger partial charge in [-0.15, -0.1) is 0 Å². The Balaban J connectivity index is 0. The summed E-state index contributed by atoms with van der Waals surface area (Å²) in [4.78, 5) is 19.9. The summed E-state index contributed by atoms with van der Waals surface area (Å²) in [6.07, 6.45) is 22.3. The normalized spacial score (nSPS) is 10.7. The van der Waals surface area contributed by atoms with E-state index in [0.717, 1.165) is 25.7 Å². The Morgan fingerprint density at radius 3 is 1.73 bits per heavy atom. The van der Waals surface area contributed by atoms with Gasteiger partial charge in [0.05, 0.1) is 0 Å². The summed E-state index contributed by atoms with van der Waals surface area (Å²) >= 11 is 0. The Kier molecular flexibility index (Phi) is 21.5. The van der Waals surface area contributed by atoms with Gasteiger partial charge in [-0.2, -0.15) is 0 Å². The first-order valence-electron chi connectivity index (χ1n) is 9.82. The quantitative estimate of drug-likeness (QED) is 0.196. The second-order valence-corrected chi connectivity index (χ2v) is 6.46. The number of carboxylic acids is 2. The lowest BCUT2D eigenvalue weighted by Gasteiger charge is -1.98. The zero-order valence-corrected chi connectivity index (χ0v) is 16.7. The van der Waals surface area contributed by atoms with Crippen molar-refractivity contribution in [1.29, 1.82) is 0 Å². The molecule has 0 bridgehead atoms. The Morgan fingerprint density at radius 1 is 0.808 bits per heavy atom. The van der Waals surface area contributed by atoms with Crippen LogP contribution in [0.5, 0.6) is 0 Å². The van der Waals surface area contributed by atoms with Gasteiger partial charge in [0.1, 0.15) is 0 Å².